The molecular weight excluding hydrogens is 254 g/mol. The molecule has 1 aliphatic heterocycles. The molecule has 3 aliphatic rings. The standard InChI is InChI=1S/C16H11NO3/c1-20-9-5-6-10-12(8-9)16-7-3-2-4-11(16)13(14(10)18)15(19)17-16/h2-8H,1H3,(H,17,19). The Morgan fingerprint density at radius 1 is 1.20 bits per heavy atom. The van der Waals surface area contributed by atoms with Gasteiger partial charge in [-0.2, -0.15) is 0 Å². The molecule has 0 radical (unpaired) electrons. The highest BCUT2D eigenvalue weighted by molar-refractivity contribution is 6.31. The van der Waals surface area contributed by atoms with E-state index in [1.807, 2.05) is 30.4 Å². The minimum atomic E-state index is -0.723. The number of methoxy groups -OCH3 is 1. The molecule has 0 saturated heterocycles. The van der Waals surface area contributed by atoms with E-state index >= 15 is 0 Å². The van der Waals surface area contributed by atoms with E-state index in [1.54, 1.807) is 19.2 Å². The van der Waals surface area contributed by atoms with Gasteiger partial charge in [0.1, 0.15) is 11.3 Å². The molecule has 98 valence electrons. The molecule has 1 amide bonds. The summed E-state index contributed by atoms with van der Waals surface area (Å²) in [5.74, 6) is 0.137. The van der Waals surface area contributed by atoms with Crippen LogP contribution in [0.5, 0.6) is 5.75 Å². The summed E-state index contributed by atoms with van der Waals surface area (Å²) >= 11 is 0. The molecule has 1 aromatic carbocycles. The number of benzene rings is 1. The molecular formula is C16H11NO3. The second-order valence-corrected chi connectivity index (χ2v) is 5.01. The van der Waals surface area contributed by atoms with Crippen LogP contribution in [0.4, 0.5) is 0 Å². The number of fused-ring (bicyclic) bond motifs is 1. The number of rotatable bonds is 1. The summed E-state index contributed by atoms with van der Waals surface area (Å²) in [6.07, 6.45) is 7.46. The molecule has 0 aromatic heterocycles. The predicted molar refractivity (Wildman–Crippen MR) is 72.5 cm³/mol. The lowest BCUT2D eigenvalue weighted by molar-refractivity contribution is -0.117. The molecule has 1 heterocycles. The second kappa shape index (κ2) is 3.48. The topological polar surface area (TPSA) is 55.4 Å². The monoisotopic (exact) mass is 265 g/mol. The number of amides is 1. The highest BCUT2D eigenvalue weighted by Gasteiger charge is 2.52. The van der Waals surface area contributed by atoms with Crippen LogP contribution in [-0.2, 0) is 10.3 Å². The number of carbonyl (C=O) groups is 2. The fourth-order valence-corrected chi connectivity index (χ4v) is 3.16. The number of ether oxygens (including phenoxy) is 1. The fourth-order valence-electron chi connectivity index (χ4n) is 3.16. The van der Waals surface area contributed by atoms with E-state index in [1.165, 1.54) is 0 Å². The van der Waals surface area contributed by atoms with Crippen molar-refractivity contribution in [3.63, 3.8) is 0 Å². The Bertz CT molecular complexity index is 770. The number of allylic oxidation sites excluding steroid dienone is 2. The molecule has 2 aliphatic carbocycles. The Kier molecular flexibility index (Phi) is 1.95. The van der Waals surface area contributed by atoms with Gasteiger partial charge in [0.15, 0.2) is 5.78 Å². The highest BCUT2D eigenvalue weighted by Crippen LogP contribution is 2.47. The third kappa shape index (κ3) is 1.12. The van der Waals surface area contributed by atoms with Gasteiger partial charge in [0.05, 0.1) is 12.7 Å². The van der Waals surface area contributed by atoms with Crippen molar-refractivity contribution in [1.82, 2.24) is 5.32 Å². The van der Waals surface area contributed by atoms with Crippen LogP contribution in [0.3, 0.4) is 0 Å². The molecule has 1 atom stereocenters. The van der Waals surface area contributed by atoms with E-state index in [0.29, 0.717) is 11.3 Å². The van der Waals surface area contributed by atoms with Gasteiger partial charge in [-0.25, -0.2) is 0 Å². The van der Waals surface area contributed by atoms with E-state index in [-0.39, 0.29) is 17.3 Å². The van der Waals surface area contributed by atoms with Crippen molar-refractivity contribution in [2.75, 3.05) is 7.11 Å². The lowest BCUT2D eigenvalue weighted by Gasteiger charge is -2.33. The van der Waals surface area contributed by atoms with E-state index in [4.69, 9.17) is 4.74 Å². The zero-order chi connectivity index (χ0) is 13.9. The summed E-state index contributed by atoms with van der Waals surface area (Å²) in [6.45, 7) is 0. The van der Waals surface area contributed by atoms with Crippen LogP contribution in [0.15, 0.2) is 53.6 Å². The Morgan fingerprint density at radius 3 is 2.85 bits per heavy atom. The van der Waals surface area contributed by atoms with Crippen LogP contribution in [0, 0.1) is 0 Å². The third-order valence-electron chi connectivity index (χ3n) is 4.08. The van der Waals surface area contributed by atoms with Crippen LogP contribution in [0.2, 0.25) is 0 Å². The molecule has 4 nitrogen and oxygen atoms in total. The number of nitrogens with one attached hydrogen (secondary N) is 1. The molecule has 0 fully saturated rings. The summed E-state index contributed by atoms with van der Waals surface area (Å²) < 4.78 is 5.24. The molecule has 2 bridgehead atoms. The van der Waals surface area contributed by atoms with Crippen molar-refractivity contribution in [3.8, 4) is 5.75 Å². The average Bonchev–Trinajstić information content (AvgIpc) is 2.74. The summed E-state index contributed by atoms with van der Waals surface area (Å²) in [5.41, 5.74) is 1.59. The van der Waals surface area contributed by atoms with Crippen molar-refractivity contribution in [2.45, 2.75) is 5.54 Å². The first kappa shape index (κ1) is 11.2. The van der Waals surface area contributed by atoms with Gasteiger partial charge < -0.3 is 10.1 Å². The SMILES string of the molecule is COc1ccc2c(c1)C13C=CC=CC1=C(C(=O)N3)C2=O. The van der Waals surface area contributed by atoms with Crippen molar-refractivity contribution in [2.24, 2.45) is 0 Å². The van der Waals surface area contributed by atoms with Gasteiger partial charge in [-0.05, 0) is 18.2 Å². The van der Waals surface area contributed by atoms with Gasteiger partial charge >= 0.3 is 0 Å². The smallest absolute Gasteiger partial charge is 0.256 e. The number of ketones is 1. The Labute approximate surface area is 115 Å². The van der Waals surface area contributed by atoms with E-state index in [9.17, 15) is 9.59 Å². The maximum Gasteiger partial charge on any atom is 0.256 e. The quantitative estimate of drug-likeness (QED) is 0.785. The lowest BCUT2D eigenvalue weighted by atomic mass is 9.73. The molecule has 0 spiro atoms. The summed E-state index contributed by atoms with van der Waals surface area (Å²) in [7, 11) is 1.58. The summed E-state index contributed by atoms with van der Waals surface area (Å²) in [5, 5.41) is 2.94. The minimum absolute atomic E-state index is 0.219. The van der Waals surface area contributed by atoms with Crippen LogP contribution in [-0.4, -0.2) is 18.8 Å². The first-order valence-corrected chi connectivity index (χ1v) is 6.34. The van der Waals surface area contributed by atoms with Crippen LogP contribution >= 0.6 is 0 Å². The number of carbonyl (C=O) groups excluding carboxylic acids is 2. The van der Waals surface area contributed by atoms with Crippen molar-refractivity contribution >= 4 is 11.7 Å². The van der Waals surface area contributed by atoms with E-state index in [2.05, 4.69) is 5.32 Å². The van der Waals surface area contributed by atoms with Gasteiger partial charge in [0, 0.05) is 16.7 Å². The Hall–Kier alpha value is -2.62. The maximum absolute atomic E-state index is 12.5. The average molecular weight is 265 g/mol. The van der Waals surface area contributed by atoms with E-state index in [0.717, 1.165) is 11.1 Å². The molecule has 20 heavy (non-hydrogen) atoms. The maximum atomic E-state index is 12.5. The Morgan fingerprint density at radius 2 is 2.05 bits per heavy atom. The third-order valence-corrected chi connectivity index (χ3v) is 4.08. The highest BCUT2D eigenvalue weighted by atomic mass is 16.5. The number of hydrogen-bond donors (Lipinski definition) is 1. The zero-order valence-corrected chi connectivity index (χ0v) is 10.8. The number of hydrogen-bond acceptors (Lipinski definition) is 3. The second-order valence-electron chi connectivity index (χ2n) is 5.01. The van der Waals surface area contributed by atoms with Crippen LogP contribution < -0.4 is 10.1 Å². The minimum Gasteiger partial charge on any atom is -0.497 e. The fraction of sp³-hybridized carbons (Fsp3) is 0.125. The summed E-state index contributed by atoms with van der Waals surface area (Å²) in [4.78, 5) is 24.7. The largest absolute Gasteiger partial charge is 0.497 e. The first-order valence-electron chi connectivity index (χ1n) is 6.34. The van der Waals surface area contributed by atoms with Gasteiger partial charge in [-0.1, -0.05) is 24.3 Å². The molecule has 1 unspecified atom stereocenters. The van der Waals surface area contributed by atoms with Gasteiger partial charge in [-0.15, -0.1) is 0 Å². The zero-order valence-electron chi connectivity index (χ0n) is 10.8. The summed E-state index contributed by atoms with van der Waals surface area (Å²) in [6, 6.07) is 5.28. The predicted octanol–water partition coefficient (Wildman–Crippen LogP) is 1.64. The first-order chi connectivity index (χ1) is 9.67. The molecule has 1 aromatic rings. The Balaban J connectivity index is 2.09. The molecule has 1 N–H and O–H groups in total. The van der Waals surface area contributed by atoms with Gasteiger partial charge in [0.25, 0.3) is 5.91 Å². The van der Waals surface area contributed by atoms with Crippen molar-refractivity contribution < 1.29 is 14.3 Å². The lowest BCUT2D eigenvalue weighted by Crippen LogP contribution is -2.41. The van der Waals surface area contributed by atoms with Crippen molar-refractivity contribution in [1.29, 1.82) is 0 Å². The van der Waals surface area contributed by atoms with Gasteiger partial charge in [-0.3, -0.25) is 9.59 Å². The molecule has 4 rings (SSSR count). The number of Topliss-reactive ketones (excluding diaryl/α,β-unsaturated/α-hetero) is 1. The molecule has 4 heteroatoms. The van der Waals surface area contributed by atoms with Crippen LogP contribution in [0.1, 0.15) is 15.9 Å². The van der Waals surface area contributed by atoms with Crippen LogP contribution in [0.25, 0.3) is 0 Å². The van der Waals surface area contributed by atoms with E-state index < -0.39 is 5.54 Å². The van der Waals surface area contributed by atoms with Gasteiger partial charge in [0.2, 0.25) is 0 Å². The molecule has 0 saturated carbocycles. The van der Waals surface area contributed by atoms with Crippen molar-refractivity contribution in [3.05, 3.63) is 64.8 Å². The normalized spacial score (nSPS) is 25.4.